The first-order valence-corrected chi connectivity index (χ1v) is 11.0. The van der Waals surface area contributed by atoms with Crippen LogP contribution < -0.4 is 21.2 Å². The zero-order valence-electron chi connectivity index (χ0n) is 14.3. The van der Waals surface area contributed by atoms with Crippen molar-refractivity contribution in [3.05, 3.63) is 59.7 Å². The first kappa shape index (κ1) is 21.0. The van der Waals surface area contributed by atoms with Crippen molar-refractivity contribution < 1.29 is 28.7 Å². The monoisotopic (exact) mass is 400 g/mol. The average molecular weight is 400 g/mol. The minimum atomic E-state index is -4.30. The molecule has 0 unspecified atom stereocenters. The third-order valence-corrected chi connectivity index (χ3v) is 6.07. The summed E-state index contributed by atoms with van der Waals surface area (Å²) >= 11 is 0. The minimum Gasteiger partial charge on any atom is -0.321 e. The van der Waals surface area contributed by atoms with Gasteiger partial charge < -0.3 is 30.2 Å². The molecule has 10 heteroatoms. The van der Waals surface area contributed by atoms with Crippen LogP contribution in [0.4, 0.5) is 0 Å². The standard InChI is InChI=1S/C16H22N2O6P2/c1-17-15(11-3-7-13(8-4-11)25(19,20)21)16(18-2)12-5-9-14(10-6-12)26(22,23)24/h3-10,15-18H,1-2H3,(H2,19,20,21)(H2,22,23,24)/t15-,16-/m1/s1. The van der Waals surface area contributed by atoms with E-state index in [4.69, 9.17) is 0 Å². The Hall–Kier alpha value is -1.34. The summed E-state index contributed by atoms with van der Waals surface area (Å²) in [7, 11) is -5.07. The van der Waals surface area contributed by atoms with Crippen LogP contribution in [0.1, 0.15) is 23.2 Å². The molecule has 0 aliphatic heterocycles. The van der Waals surface area contributed by atoms with Crippen LogP contribution in [-0.4, -0.2) is 33.7 Å². The van der Waals surface area contributed by atoms with Gasteiger partial charge in [0.1, 0.15) is 0 Å². The molecule has 0 aliphatic carbocycles. The van der Waals surface area contributed by atoms with Crippen molar-refractivity contribution >= 4 is 25.8 Å². The molecule has 0 amide bonds. The Balaban J connectivity index is 2.34. The van der Waals surface area contributed by atoms with Gasteiger partial charge in [0, 0.05) is 0 Å². The lowest BCUT2D eigenvalue weighted by molar-refractivity contribution is 0.385. The second kappa shape index (κ2) is 8.13. The number of hydrogen-bond donors (Lipinski definition) is 6. The minimum absolute atomic E-state index is 0.0527. The van der Waals surface area contributed by atoms with Crippen LogP contribution in [0, 0.1) is 0 Å². The summed E-state index contributed by atoms with van der Waals surface area (Å²) in [6.45, 7) is 0. The zero-order valence-corrected chi connectivity index (χ0v) is 16.1. The van der Waals surface area contributed by atoms with E-state index in [1.165, 1.54) is 24.3 Å². The molecule has 0 fully saturated rings. The first-order valence-electron chi connectivity index (χ1n) is 7.74. The molecule has 0 bridgehead atoms. The molecule has 0 spiro atoms. The molecule has 142 valence electrons. The van der Waals surface area contributed by atoms with Crippen LogP contribution in [-0.2, 0) is 9.13 Å². The molecule has 8 nitrogen and oxygen atoms in total. The van der Waals surface area contributed by atoms with E-state index in [1.807, 2.05) is 0 Å². The van der Waals surface area contributed by atoms with Crippen LogP contribution in [0.25, 0.3) is 0 Å². The van der Waals surface area contributed by atoms with Crippen LogP contribution in [0.3, 0.4) is 0 Å². The van der Waals surface area contributed by atoms with Gasteiger partial charge in [0.05, 0.1) is 22.7 Å². The van der Waals surface area contributed by atoms with E-state index in [9.17, 15) is 28.7 Å². The van der Waals surface area contributed by atoms with Crippen molar-refractivity contribution in [2.75, 3.05) is 14.1 Å². The quantitative estimate of drug-likeness (QED) is 0.370. The second-order valence-corrected chi connectivity index (χ2v) is 9.01. The molecule has 2 aromatic rings. The Morgan fingerprint density at radius 1 is 0.654 bits per heavy atom. The van der Waals surface area contributed by atoms with Crippen molar-refractivity contribution in [2.24, 2.45) is 0 Å². The van der Waals surface area contributed by atoms with Gasteiger partial charge in [-0.2, -0.15) is 0 Å². The molecule has 2 aromatic carbocycles. The summed E-state index contributed by atoms with van der Waals surface area (Å²) in [6, 6.07) is 11.7. The van der Waals surface area contributed by atoms with Crippen molar-refractivity contribution in [3.8, 4) is 0 Å². The molecule has 6 N–H and O–H groups in total. The number of benzene rings is 2. The highest BCUT2D eigenvalue weighted by Crippen LogP contribution is 2.36. The summed E-state index contributed by atoms with van der Waals surface area (Å²) in [5, 5.41) is 6.22. The number of likely N-dealkylation sites (N-methyl/N-ethyl adjacent to an activating group) is 2. The molecule has 0 aliphatic rings. The maximum Gasteiger partial charge on any atom is 0.356 e. The van der Waals surface area contributed by atoms with Crippen molar-refractivity contribution in [1.82, 2.24) is 10.6 Å². The fourth-order valence-corrected chi connectivity index (χ4v) is 3.88. The second-order valence-electron chi connectivity index (χ2n) is 5.80. The van der Waals surface area contributed by atoms with Crippen LogP contribution in [0.2, 0.25) is 0 Å². The third-order valence-electron chi connectivity index (χ3n) is 4.13. The first-order chi connectivity index (χ1) is 12.1. The van der Waals surface area contributed by atoms with Gasteiger partial charge in [0.25, 0.3) is 0 Å². The molecule has 0 radical (unpaired) electrons. The number of rotatable bonds is 7. The highest BCUT2D eigenvalue weighted by molar-refractivity contribution is 7.60. The Morgan fingerprint density at radius 2 is 0.923 bits per heavy atom. The zero-order chi connectivity index (χ0) is 19.5. The topological polar surface area (TPSA) is 139 Å². The average Bonchev–Trinajstić information content (AvgIpc) is 2.58. The van der Waals surface area contributed by atoms with E-state index >= 15 is 0 Å². The maximum atomic E-state index is 11.3. The Bertz CT molecular complexity index is 757. The fraction of sp³-hybridized carbons (Fsp3) is 0.250. The Morgan fingerprint density at radius 3 is 1.12 bits per heavy atom. The highest BCUT2D eigenvalue weighted by Gasteiger charge is 2.24. The summed E-state index contributed by atoms with van der Waals surface area (Å²) in [4.78, 5) is 36.9. The van der Waals surface area contributed by atoms with Crippen molar-refractivity contribution in [3.63, 3.8) is 0 Å². The number of hydrogen-bond acceptors (Lipinski definition) is 4. The van der Waals surface area contributed by atoms with Gasteiger partial charge in [0.15, 0.2) is 0 Å². The van der Waals surface area contributed by atoms with Crippen LogP contribution in [0.5, 0.6) is 0 Å². The molecule has 2 rings (SSSR count). The lowest BCUT2D eigenvalue weighted by atomic mass is 9.93. The lowest BCUT2D eigenvalue weighted by Gasteiger charge is -2.28. The van der Waals surface area contributed by atoms with Gasteiger partial charge >= 0.3 is 15.2 Å². The molecule has 0 saturated carbocycles. The molecule has 0 heterocycles. The van der Waals surface area contributed by atoms with Gasteiger partial charge in [-0.1, -0.05) is 24.3 Å². The predicted octanol–water partition coefficient (Wildman–Crippen LogP) is 0.514. The summed E-state index contributed by atoms with van der Waals surface area (Å²) < 4.78 is 22.6. The molecular formula is C16H22N2O6P2. The predicted molar refractivity (Wildman–Crippen MR) is 99.8 cm³/mol. The number of nitrogens with one attached hydrogen (secondary N) is 2. The van der Waals surface area contributed by atoms with Crippen LogP contribution in [0.15, 0.2) is 48.5 Å². The van der Waals surface area contributed by atoms with Gasteiger partial charge in [-0.15, -0.1) is 0 Å². The van der Waals surface area contributed by atoms with E-state index in [2.05, 4.69) is 10.6 Å². The van der Waals surface area contributed by atoms with Crippen LogP contribution >= 0.6 is 15.2 Å². The fourth-order valence-electron chi connectivity index (χ4n) is 2.80. The summed E-state index contributed by atoms with van der Waals surface area (Å²) in [6.07, 6.45) is 0. The molecule has 26 heavy (non-hydrogen) atoms. The molecule has 2 atom stereocenters. The van der Waals surface area contributed by atoms with E-state index in [0.29, 0.717) is 0 Å². The normalized spacial score (nSPS) is 14.8. The van der Waals surface area contributed by atoms with Crippen molar-refractivity contribution in [1.29, 1.82) is 0 Å². The van der Waals surface area contributed by atoms with Gasteiger partial charge in [0.2, 0.25) is 0 Å². The van der Waals surface area contributed by atoms with E-state index in [-0.39, 0.29) is 22.7 Å². The maximum absolute atomic E-state index is 11.3. The third kappa shape index (κ3) is 4.88. The largest absolute Gasteiger partial charge is 0.356 e. The van der Waals surface area contributed by atoms with Crippen molar-refractivity contribution in [2.45, 2.75) is 12.1 Å². The van der Waals surface area contributed by atoms with Gasteiger partial charge in [-0.25, -0.2) is 0 Å². The molecular weight excluding hydrogens is 378 g/mol. The summed E-state index contributed by atoms with van der Waals surface area (Å²) in [5.41, 5.74) is 1.62. The highest BCUT2D eigenvalue weighted by atomic mass is 31.2. The molecule has 0 saturated heterocycles. The van der Waals surface area contributed by atoms with E-state index in [1.54, 1.807) is 38.4 Å². The van der Waals surface area contributed by atoms with Gasteiger partial charge in [-0.3, -0.25) is 9.13 Å². The molecule has 0 aromatic heterocycles. The summed E-state index contributed by atoms with van der Waals surface area (Å²) in [5.74, 6) is 0. The lowest BCUT2D eigenvalue weighted by Crippen LogP contribution is -2.32. The van der Waals surface area contributed by atoms with Gasteiger partial charge in [-0.05, 0) is 49.5 Å². The smallest absolute Gasteiger partial charge is 0.321 e. The van der Waals surface area contributed by atoms with E-state index < -0.39 is 15.2 Å². The Kier molecular flexibility index (Phi) is 6.55. The Labute approximate surface area is 151 Å². The SMILES string of the molecule is CN[C@H](c1ccc(P(=O)(O)O)cc1)[C@H](NC)c1ccc(P(=O)(O)O)cc1. The van der Waals surface area contributed by atoms with E-state index in [0.717, 1.165) is 11.1 Å².